The Morgan fingerprint density at radius 2 is 1.70 bits per heavy atom. The predicted molar refractivity (Wildman–Crippen MR) is 44.8 cm³/mol. The van der Waals surface area contributed by atoms with Crippen LogP contribution in [-0.2, 0) is 0 Å². The molecule has 0 saturated carbocycles. The van der Waals surface area contributed by atoms with Crippen molar-refractivity contribution in [3.8, 4) is 0 Å². The fourth-order valence-corrected chi connectivity index (χ4v) is 1.02. The van der Waals surface area contributed by atoms with Gasteiger partial charge in [-0.2, -0.15) is 0 Å². The van der Waals surface area contributed by atoms with Crippen LogP contribution in [0.1, 0.15) is 27.7 Å². The predicted octanol–water partition coefficient (Wildman–Crippen LogP) is 2.22. The smallest absolute Gasteiger partial charge is 0.0622 e. The molecule has 0 aromatic heterocycles. The molecule has 0 aliphatic heterocycles. The van der Waals surface area contributed by atoms with Gasteiger partial charge in [-0.1, -0.05) is 32.9 Å². The summed E-state index contributed by atoms with van der Waals surface area (Å²) in [5.74, 6) is 0.635. The Morgan fingerprint density at radius 1 is 1.20 bits per heavy atom. The zero-order chi connectivity index (χ0) is 8.15. The van der Waals surface area contributed by atoms with Gasteiger partial charge in [-0.25, -0.2) is 0 Å². The monoisotopic (exact) mass is 142 g/mol. The maximum atomic E-state index is 9.47. The first-order valence-electron chi connectivity index (χ1n) is 3.90. The van der Waals surface area contributed by atoms with Crippen LogP contribution in [0, 0.1) is 11.8 Å². The van der Waals surface area contributed by atoms with Crippen LogP contribution in [0.15, 0.2) is 12.2 Å². The molecule has 0 radical (unpaired) electrons. The summed E-state index contributed by atoms with van der Waals surface area (Å²) in [6.07, 6.45) is 3.82. The minimum absolute atomic E-state index is 0.198. The maximum Gasteiger partial charge on any atom is 0.0622 e. The van der Waals surface area contributed by atoms with Crippen LogP contribution in [0.5, 0.6) is 0 Å². The molecule has 0 aromatic rings. The van der Waals surface area contributed by atoms with Gasteiger partial charge in [-0.05, 0) is 12.8 Å². The molecule has 0 aliphatic carbocycles. The molecule has 60 valence electrons. The number of aliphatic hydroxyl groups is 1. The molecule has 0 bridgehead atoms. The highest BCUT2D eigenvalue weighted by Gasteiger charge is 2.14. The average Bonchev–Trinajstić information content (AvgIpc) is 1.87. The third kappa shape index (κ3) is 3.02. The lowest BCUT2D eigenvalue weighted by molar-refractivity contribution is 0.0911. The van der Waals surface area contributed by atoms with Gasteiger partial charge in [0.05, 0.1) is 6.10 Å². The third-order valence-corrected chi connectivity index (χ3v) is 1.72. The molecule has 0 rings (SSSR count). The summed E-state index contributed by atoms with van der Waals surface area (Å²) in [7, 11) is 0. The zero-order valence-corrected chi connectivity index (χ0v) is 7.33. The summed E-state index contributed by atoms with van der Waals surface area (Å²) >= 11 is 0. The van der Waals surface area contributed by atoms with Crippen LogP contribution in [0.2, 0.25) is 0 Å². The fraction of sp³-hybridized carbons (Fsp3) is 0.778. The minimum Gasteiger partial charge on any atom is -0.392 e. The van der Waals surface area contributed by atoms with Crippen molar-refractivity contribution in [2.45, 2.75) is 33.8 Å². The highest BCUT2D eigenvalue weighted by Crippen LogP contribution is 2.12. The first-order chi connectivity index (χ1) is 4.59. The second kappa shape index (κ2) is 4.51. The van der Waals surface area contributed by atoms with Gasteiger partial charge in [0.1, 0.15) is 0 Å². The van der Waals surface area contributed by atoms with Crippen molar-refractivity contribution < 1.29 is 5.11 Å². The van der Waals surface area contributed by atoms with E-state index in [0.29, 0.717) is 5.92 Å². The van der Waals surface area contributed by atoms with Crippen molar-refractivity contribution in [2.24, 2.45) is 11.8 Å². The quantitative estimate of drug-likeness (QED) is 0.599. The minimum atomic E-state index is -0.198. The van der Waals surface area contributed by atoms with Gasteiger partial charge in [0.25, 0.3) is 0 Å². The molecule has 0 fully saturated rings. The zero-order valence-electron chi connectivity index (χ0n) is 7.33. The lowest BCUT2D eigenvalue weighted by Crippen LogP contribution is -2.21. The second-order valence-corrected chi connectivity index (χ2v) is 3.12. The summed E-state index contributed by atoms with van der Waals surface area (Å²) in [6.45, 7) is 8.07. The fourth-order valence-electron chi connectivity index (χ4n) is 1.02. The van der Waals surface area contributed by atoms with Gasteiger partial charge >= 0.3 is 0 Å². The van der Waals surface area contributed by atoms with Gasteiger partial charge in [0.15, 0.2) is 0 Å². The van der Waals surface area contributed by atoms with E-state index in [1.165, 1.54) is 0 Å². The molecule has 0 heterocycles. The van der Waals surface area contributed by atoms with Crippen molar-refractivity contribution in [2.75, 3.05) is 0 Å². The molecule has 1 N–H and O–H groups in total. The number of hydrogen-bond donors (Lipinski definition) is 1. The second-order valence-electron chi connectivity index (χ2n) is 3.12. The SMILES string of the molecule is C/C=C/[C@@H](C)[C@@H](O)C(C)C. The van der Waals surface area contributed by atoms with E-state index in [1.54, 1.807) is 0 Å². The van der Waals surface area contributed by atoms with E-state index in [1.807, 2.05) is 39.8 Å². The summed E-state index contributed by atoms with van der Waals surface area (Å²) < 4.78 is 0. The van der Waals surface area contributed by atoms with E-state index in [-0.39, 0.29) is 12.0 Å². The highest BCUT2D eigenvalue weighted by atomic mass is 16.3. The number of hydrogen-bond acceptors (Lipinski definition) is 1. The van der Waals surface area contributed by atoms with Crippen LogP contribution in [0.3, 0.4) is 0 Å². The topological polar surface area (TPSA) is 20.2 Å². The Bertz CT molecular complexity index is 105. The molecule has 0 saturated heterocycles. The standard InChI is InChI=1S/C9H18O/c1-5-6-8(4)9(10)7(2)3/h5-10H,1-4H3/b6-5+/t8-,9+/m1/s1. The van der Waals surface area contributed by atoms with Crippen LogP contribution in [-0.4, -0.2) is 11.2 Å². The molecule has 0 amide bonds. The van der Waals surface area contributed by atoms with Crippen molar-refractivity contribution in [3.63, 3.8) is 0 Å². The van der Waals surface area contributed by atoms with E-state index in [9.17, 15) is 5.11 Å². The molecule has 0 aromatic carbocycles. The van der Waals surface area contributed by atoms with Gasteiger partial charge in [0, 0.05) is 5.92 Å². The van der Waals surface area contributed by atoms with Gasteiger partial charge in [-0.15, -0.1) is 0 Å². The Hall–Kier alpha value is -0.300. The molecule has 0 unspecified atom stereocenters. The van der Waals surface area contributed by atoms with E-state index in [0.717, 1.165) is 0 Å². The van der Waals surface area contributed by atoms with Crippen molar-refractivity contribution in [3.05, 3.63) is 12.2 Å². The Kier molecular flexibility index (Phi) is 4.37. The van der Waals surface area contributed by atoms with Crippen LogP contribution >= 0.6 is 0 Å². The largest absolute Gasteiger partial charge is 0.392 e. The molecular weight excluding hydrogens is 124 g/mol. The summed E-state index contributed by atoms with van der Waals surface area (Å²) in [5, 5.41) is 9.47. The van der Waals surface area contributed by atoms with Crippen LogP contribution in [0.25, 0.3) is 0 Å². The van der Waals surface area contributed by atoms with Gasteiger partial charge < -0.3 is 5.11 Å². The molecule has 0 spiro atoms. The molecular formula is C9H18O. The Balaban J connectivity index is 3.81. The Morgan fingerprint density at radius 3 is 2.00 bits per heavy atom. The first-order valence-corrected chi connectivity index (χ1v) is 3.90. The molecule has 1 nitrogen and oxygen atoms in total. The van der Waals surface area contributed by atoms with Crippen molar-refractivity contribution in [1.82, 2.24) is 0 Å². The van der Waals surface area contributed by atoms with E-state index >= 15 is 0 Å². The average molecular weight is 142 g/mol. The van der Waals surface area contributed by atoms with Gasteiger partial charge in [-0.3, -0.25) is 0 Å². The van der Waals surface area contributed by atoms with Crippen LogP contribution in [0.4, 0.5) is 0 Å². The van der Waals surface area contributed by atoms with Crippen molar-refractivity contribution in [1.29, 1.82) is 0 Å². The maximum absolute atomic E-state index is 9.47. The lowest BCUT2D eigenvalue weighted by atomic mass is 9.95. The summed E-state index contributed by atoms with van der Waals surface area (Å²) in [4.78, 5) is 0. The summed E-state index contributed by atoms with van der Waals surface area (Å²) in [6, 6.07) is 0. The number of aliphatic hydroxyl groups excluding tert-OH is 1. The first kappa shape index (κ1) is 9.70. The van der Waals surface area contributed by atoms with E-state index in [2.05, 4.69) is 0 Å². The highest BCUT2D eigenvalue weighted by molar-refractivity contribution is 4.87. The van der Waals surface area contributed by atoms with E-state index in [4.69, 9.17) is 0 Å². The molecule has 0 aliphatic rings. The molecule has 2 atom stereocenters. The number of allylic oxidation sites excluding steroid dienone is 1. The normalized spacial score (nSPS) is 18.2. The third-order valence-electron chi connectivity index (χ3n) is 1.72. The molecule has 1 heteroatoms. The Labute approximate surface area is 63.8 Å². The lowest BCUT2D eigenvalue weighted by Gasteiger charge is -2.18. The molecule has 10 heavy (non-hydrogen) atoms. The van der Waals surface area contributed by atoms with E-state index < -0.39 is 0 Å². The summed E-state index contributed by atoms with van der Waals surface area (Å²) in [5.41, 5.74) is 0. The number of rotatable bonds is 3. The van der Waals surface area contributed by atoms with Crippen LogP contribution < -0.4 is 0 Å². The van der Waals surface area contributed by atoms with Gasteiger partial charge in [0.2, 0.25) is 0 Å². The van der Waals surface area contributed by atoms with Crippen molar-refractivity contribution >= 4 is 0 Å².